The van der Waals surface area contributed by atoms with E-state index >= 15 is 0 Å². The first-order valence-electron chi connectivity index (χ1n) is 9.43. The van der Waals surface area contributed by atoms with E-state index in [1.54, 1.807) is 31.3 Å². The Morgan fingerprint density at radius 2 is 2.00 bits per heavy atom. The van der Waals surface area contributed by atoms with E-state index in [1.165, 1.54) is 29.7 Å². The third-order valence-electron chi connectivity index (χ3n) is 4.74. The highest BCUT2D eigenvalue weighted by atomic mass is 32.1. The Hall–Kier alpha value is -4.12. The van der Waals surface area contributed by atoms with Crippen molar-refractivity contribution in [1.29, 1.82) is 0 Å². The molecular weight excluding hydrogens is 432 g/mol. The van der Waals surface area contributed by atoms with Crippen LogP contribution in [0.15, 0.2) is 48.8 Å². The molecule has 0 saturated heterocycles. The lowest BCUT2D eigenvalue weighted by atomic mass is 10.1. The molecule has 32 heavy (non-hydrogen) atoms. The van der Waals surface area contributed by atoms with Crippen LogP contribution in [0.1, 0.15) is 15.9 Å². The summed E-state index contributed by atoms with van der Waals surface area (Å²) in [5.41, 5.74) is 2.19. The van der Waals surface area contributed by atoms with Gasteiger partial charge >= 0.3 is 11.7 Å². The van der Waals surface area contributed by atoms with Crippen molar-refractivity contribution in [3.8, 4) is 0 Å². The second-order valence-corrected chi connectivity index (χ2v) is 7.87. The van der Waals surface area contributed by atoms with Crippen LogP contribution in [0.3, 0.4) is 0 Å². The fourth-order valence-electron chi connectivity index (χ4n) is 3.22. The number of carbonyl (C=O) groups excluding carboxylic acids is 1. The van der Waals surface area contributed by atoms with Crippen LogP contribution < -0.4 is 10.2 Å². The van der Waals surface area contributed by atoms with Gasteiger partial charge in [-0.25, -0.2) is 19.7 Å². The summed E-state index contributed by atoms with van der Waals surface area (Å²) in [6.45, 7) is 1.98. The Balaban J connectivity index is 1.77. The lowest BCUT2D eigenvalue weighted by Gasteiger charge is -2.20. The molecule has 11 heteroatoms. The molecule has 0 amide bonds. The zero-order chi connectivity index (χ0) is 22.8. The largest absolute Gasteiger partial charge is 0.465 e. The summed E-state index contributed by atoms with van der Waals surface area (Å²) in [6, 6.07) is 12.5. The molecule has 0 saturated carbocycles. The number of ether oxygens (including phenoxy) is 1. The standard InChI is InChI=1S/C21H18N6O4S/c1-12-8-9-14-16(10-12)32-21(24-14)25-18-17(27(29)30)19(23-11-22-18)26(2)15-7-5-4-6-13(15)20(28)31-3/h4-11H,1-3H3,(H,22,23,24,25). The second kappa shape index (κ2) is 8.55. The Morgan fingerprint density at radius 1 is 1.22 bits per heavy atom. The smallest absolute Gasteiger partial charge is 0.354 e. The number of para-hydroxylation sites is 1. The van der Waals surface area contributed by atoms with Crippen molar-refractivity contribution in [2.45, 2.75) is 6.92 Å². The number of benzene rings is 2. The highest BCUT2D eigenvalue weighted by Gasteiger charge is 2.28. The summed E-state index contributed by atoms with van der Waals surface area (Å²) >= 11 is 1.37. The first-order valence-corrected chi connectivity index (χ1v) is 10.3. The molecule has 10 nitrogen and oxygen atoms in total. The molecule has 0 atom stereocenters. The number of hydrogen-bond donors (Lipinski definition) is 1. The molecule has 0 aliphatic rings. The first kappa shape index (κ1) is 21.1. The number of nitro groups is 1. The molecule has 0 aliphatic heterocycles. The first-order chi connectivity index (χ1) is 15.4. The van der Waals surface area contributed by atoms with Crippen molar-refractivity contribution in [2.75, 3.05) is 24.4 Å². The van der Waals surface area contributed by atoms with Crippen LogP contribution in [0, 0.1) is 17.0 Å². The number of fused-ring (bicyclic) bond motifs is 1. The molecule has 2 aromatic carbocycles. The molecule has 0 unspecified atom stereocenters. The number of hydrogen-bond acceptors (Lipinski definition) is 10. The quantitative estimate of drug-likeness (QED) is 0.255. The lowest BCUT2D eigenvalue weighted by Crippen LogP contribution is -2.18. The summed E-state index contributed by atoms with van der Waals surface area (Å²) in [4.78, 5) is 37.8. The van der Waals surface area contributed by atoms with E-state index in [1.807, 2.05) is 25.1 Å². The second-order valence-electron chi connectivity index (χ2n) is 6.83. The monoisotopic (exact) mass is 450 g/mol. The van der Waals surface area contributed by atoms with E-state index in [0.717, 1.165) is 15.8 Å². The van der Waals surface area contributed by atoms with Crippen LogP contribution in [0.2, 0.25) is 0 Å². The number of rotatable bonds is 6. The van der Waals surface area contributed by atoms with Crippen molar-refractivity contribution >= 4 is 55.7 Å². The maximum Gasteiger partial charge on any atom is 0.354 e. The fraction of sp³-hybridized carbons (Fsp3) is 0.143. The zero-order valence-electron chi connectivity index (χ0n) is 17.4. The summed E-state index contributed by atoms with van der Waals surface area (Å²) in [5, 5.41) is 15.4. The number of aromatic nitrogens is 3. The third kappa shape index (κ3) is 3.93. The Kier molecular flexibility index (Phi) is 5.65. The van der Waals surface area contributed by atoms with Crippen LogP contribution in [0.4, 0.5) is 28.1 Å². The van der Waals surface area contributed by atoms with Gasteiger partial charge in [-0.05, 0) is 36.8 Å². The molecule has 2 heterocycles. The van der Waals surface area contributed by atoms with Gasteiger partial charge in [0.05, 0.1) is 33.5 Å². The minimum Gasteiger partial charge on any atom is -0.465 e. The molecule has 0 aliphatic carbocycles. The molecule has 4 aromatic rings. The van der Waals surface area contributed by atoms with Crippen molar-refractivity contribution in [3.63, 3.8) is 0 Å². The predicted octanol–water partition coefficient (Wildman–Crippen LogP) is 4.60. The van der Waals surface area contributed by atoms with E-state index in [-0.39, 0.29) is 22.9 Å². The van der Waals surface area contributed by atoms with Crippen LogP contribution in [-0.4, -0.2) is 40.0 Å². The zero-order valence-corrected chi connectivity index (χ0v) is 18.2. The van der Waals surface area contributed by atoms with Crippen molar-refractivity contribution < 1.29 is 14.5 Å². The summed E-state index contributed by atoms with van der Waals surface area (Å²) < 4.78 is 5.78. The van der Waals surface area contributed by atoms with Gasteiger partial charge in [-0.2, -0.15) is 0 Å². The van der Waals surface area contributed by atoms with Crippen LogP contribution in [0.5, 0.6) is 0 Å². The van der Waals surface area contributed by atoms with E-state index in [0.29, 0.717) is 10.8 Å². The molecular formula is C21H18N6O4S. The maximum atomic E-state index is 12.2. The van der Waals surface area contributed by atoms with Crippen LogP contribution >= 0.6 is 11.3 Å². The highest BCUT2D eigenvalue weighted by Crippen LogP contribution is 2.38. The number of methoxy groups -OCH3 is 1. The Bertz CT molecular complexity index is 1340. The number of anilines is 4. The van der Waals surface area contributed by atoms with Crippen molar-refractivity contribution in [1.82, 2.24) is 15.0 Å². The number of esters is 1. The molecule has 0 spiro atoms. The number of nitrogens with one attached hydrogen (secondary N) is 1. The van der Waals surface area contributed by atoms with Gasteiger partial charge in [0, 0.05) is 7.05 Å². The number of nitrogens with zero attached hydrogens (tertiary/aromatic N) is 5. The average Bonchev–Trinajstić information content (AvgIpc) is 3.19. The minimum absolute atomic E-state index is 0.00169. The van der Waals surface area contributed by atoms with Gasteiger partial charge < -0.3 is 15.0 Å². The summed E-state index contributed by atoms with van der Waals surface area (Å²) in [7, 11) is 2.86. The minimum atomic E-state index is -0.563. The van der Waals surface area contributed by atoms with Gasteiger partial charge in [0.15, 0.2) is 5.13 Å². The third-order valence-corrected chi connectivity index (χ3v) is 5.68. The van der Waals surface area contributed by atoms with Crippen molar-refractivity contribution in [2.24, 2.45) is 0 Å². The predicted molar refractivity (Wildman–Crippen MR) is 122 cm³/mol. The van der Waals surface area contributed by atoms with Gasteiger partial charge in [0.25, 0.3) is 0 Å². The van der Waals surface area contributed by atoms with Gasteiger partial charge in [-0.3, -0.25) is 10.1 Å². The normalized spacial score (nSPS) is 10.7. The van der Waals surface area contributed by atoms with E-state index < -0.39 is 10.9 Å². The van der Waals surface area contributed by atoms with Gasteiger partial charge in [0.2, 0.25) is 11.6 Å². The Labute approximate surface area is 186 Å². The molecule has 1 N–H and O–H groups in total. The molecule has 162 valence electrons. The van der Waals surface area contributed by atoms with Gasteiger partial charge in [-0.15, -0.1) is 0 Å². The topological polar surface area (TPSA) is 123 Å². The van der Waals surface area contributed by atoms with E-state index in [2.05, 4.69) is 20.3 Å². The van der Waals surface area contributed by atoms with E-state index in [4.69, 9.17) is 4.74 Å². The van der Waals surface area contributed by atoms with Crippen molar-refractivity contribution in [3.05, 3.63) is 70.0 Å². The molecule has 4 rings (SSSR count). The maximum absolute atomic E-state index is 12.2. The van der Waals surface area contributed by atoms with Gasteiger partial charge in [-0.1, -0.05) is 29.5 Å². The molecule has 0 bridgehead atoms. The SMILES string of the molecule is COC(=O)c1ccccc1N(C)c1ncnc(Nc2nc3ccc(C)cc3s2)c1[N+](=O)[O-]. The molecule has 0 fully saturated rings. The van der Waals surface area contributed by atoms with Crippen LogP contribution in [0.25, 0.3) is 10.2 Å². The fourth-order valence-corrected chi connectivity index (χ4v) is 4.19. The summed E-state index contributed by atoms with van der Waals surface area (Å²) in [6.07, 6.45) is 1.22. The van der Waals surface area contributed by atoms with E-state index in [9.17, 15) is 14.9 Å². The summed E-state index contributed by atoms with van der Waals surface area (Å²) in [5.74, 6) is -0.550. The number of aryl methyl sites for hydroxylation is 1. The molecule has 2 aromatic heterocycles. The van der Waals surface area contributed by atoms with Crippen LogP contribution in [-0.2, 0) is 4.74 Å². The molecule has 0 radical (unpaired) electrons. The number of carbonyl (C=O) groups is 1. The average molecular weight is 450 g/mol. The lowest BCUT2D eigenvalue weighted by molar-refractivity contribution is -0.383. The Morgan fingerprint density at radius 3 is 2.75 bits per heavy atom. The van der Waals surface area contributed by atoms with Gasteiger partial charge in [0.1, 0.15) is 6.33 Å². The highest BCUT2D eigenvalue weighted by molar-refractivity contribution is 7.22. The number of thiazole rings is 1.